The fourth-order valence-electron chi connectivity index (χ4n) is 1.53. The minimum Gasteiger partial charge on any atom is -0.198 e. The van der Waals surface area contributed by atoms with Gasteiger partial charge in [0, 0.05) is 4.70 Å². The minimum absolute atomic E-state index is 0.476. The number of hydrogen-bond donors (Lipinski definition) is 0. The maximum atomic E-state index is 8.73. The van der Waals surface area contributed by atoms with Crippen molar-refractivity contribution < 1.29 is 0 Å². The third-order valence-electron chi connectivity index (χ3n) is 2.22. The summed E-state index contributed by atoms with van der Waals surface area (Å²) in [5.74, 6) is 0. The van der Waals surface area contributed by atoms with Gasteiger partial charge >= 0.3 is 0 Å². The van der Waals surface area contributed by atoms with E-state index in [0.29, 0.717) is 6.42 Å². The van der Waals surface area contributed by atoms with Crippen molar-refractivity contribution in [3.05, 3.63) is 33.1 Å². The number of aryl methyl sites for hydroxylation is 1. The van der Waals surface area contributed by atoms with Crippen molar-refractivity contribution in [3.8, 4) is 6.07 Å². The molecule has 0 amide bonds. The lowest BCUT2D eigenvalue weighted by molar-refractivity contribution is 1.29. The van der Waals surface area contributed by atoms with Crippen molar-refractivity contribution in [3.63, 3.8) is 0 Å². The number of rotatable bonds is 1. The molecule has 1 heterocycles. The van der Waals surface area contributed by atoms with Crippen molar-refractivity contribution in [2.24, 2.45) is 0 Å². The van der Waals surface area contributed by atoms with E-state index in [2.05, 4.69) is 41.1 Å². The Morgan fingerprint density at radius 3 is 3.00 bits per heavy atom. The summed E-state index contributed by atoms with van der Waals surface area (Å²) in [5.41, 5.74) is 2.40. The lowest BCUT2D eigenvalue weighted by Crippen LogP contribution is -1.79. The molecule has 0 aliphatic rings. The van der Waals surface area contributed by atoms with Crippen LogP contribution in [0.25, 0.3) is 10.1 Å². The van der Waals surface area contributed by atoms with Gasteiger partial charge in [-0.2, -0.15) is 5.26 Å². The van der Waals surface area contributed by atoms with Crippen molar-refractivity contribution in [2.75, 3.05) is 0 Å². The molecule has 1 nitrogen and oxygen atoms in total. The van der Waals surface area contributed by atoms with Crippen LogP contribution in [0.4, 0.5) is 0 Å². The van der Waals surface area contributed by atoms with Crippen molar-refractivity contribution in [2.45, 2.75) is 13.3 Å². The van der Waals surface area contributed by atoms with E-state index < -0.39 is 0 Å². The number of benzene rings is 1. The molecule has 0 aliphatic heterocycles. The highest BCUT2D eigenvalue weighted by Crippen LogP contribution is 2.37. The third-order valence-corrected chi connectivity index (χ3v) is 4.36. The first-order valence-electron chi connectivity index (χ1n) is 4.27. The lowest BCUT2D eigenvalue weighted by Gasteiger charge is -1.95. The van der Waals surface area contributed by atoms with E-state index in [0.717, 1.165) is 9.35 Å². The van der Waals surface area contributed by atoms with Gasteiger partial charge in [-0.3, -0.25) is 0 Å². The number of halogens is 1. The van der Waals surface area contributed by atoms with Crippen LogP contribution in [0.3, 0.4) is 0 Å². The zero-order valence-corrected chi connectivity index (χ0v) is 10.1. The highest BCUT2D eigenvalue weighted by molar-refractivity contribution is 9.11. The number of nitrogens with zero attached hydrogens (tertiary/aromatic N) is 1. The van der Waals surface area contributed by atoms with Crippen molar-refractivity contribution in [1.82, 2.24) is 0 Å². The van der Waals surface area contributed by atoms with Crippen LogP contribution in [0.15, 0.2) is 22.0 Å². The van der Waals surface area contributed by atoms with E-state index >= 15 is 0 Å². The maximum absolute atomic E-state index is 8.73. The molecular weight excluding hydrogens is 258 g/mol. The standard InChI is InChI=1S/C11H8BrNS/c1-7-3-2-4-8-9(5-6-13)11(12)14-10(7)8/h2-4H,5H2,1H3. The summed E-state index contributed by atoms with van der Waals surface area (Å²) in [6.07, 6.45) is 0.476. The van der Waals surface area contributed by atoms with Crippen LogP contribution in [0.1, 0.15) is 11.1 Å². The van der Waals surface area contributed by atoms with Crippen LogP contribution in [0.2, 0.25) is 0 Å². The molecule has 0 bridgehead atoms. The highest BCUT2D eigenvalue weighted by atomic mass is 79.9. The number of nitriles is 1. The van der Waals surface area contributed by atoms with Gasteiger partial charge in [-0.25, -0.2) is 0 Å². The van der Waals surface area contributed by atoms with Crippen LogP contribution in [-0.4, -0.2) is 0 Å². The molecule has 3 heteroatoms. The predicted octanol–water partition coefficient (Wildman–Crippen LogP) is 4.04. The minimum atomic E-state index is 0.476. The Morgan fingerprint density at radius 2 is 2.29 bits per heavy atom. The summed E-state index contributed by atoms with van der Waals surface area (Å²) in [6.45, 7) is 2.10. The van der Waals surface area contributed by atoms with Gasteiger partial charge < -0.3 is 0 Å². The Morgan fingerprint density at radius 1 is 1.50 bits per heavy atom. The summed E-state index contributed by atoms with van der Waals surface area (Å²) in [4.78, 5) is 0. The highest BCUT2D eigenvalue weighted by Gasteiger charge is 2.10. The summed E-state index contributed by atoms with van der Waals surface area (Å²) < 4.78 is 2.37. The summed E-state index contributed by atoms with van der Waals surface area (Å²) in [6, 6.07) is 8.42. The molecule has 1 aromatic heterocycles. The molecule has 0 unspecified atom stereocenters. The van der Waals surface area contributed by atoms with Gasteiger partial charge in [0.15, 0.2) is 0 Å². The SMILES string of the molecule is Cc1cccc2c(CC#N)c(Br)sc12. The maximum Gasteiger partial charge on any atom is 0.0753 e. The van der Waals surface area contributed by atoms with E-state index in [9.17, 15) is 0 Å². The number of hydrogen-bond acceptors (Lipinski definition) is 2. The second-order valence-electron chi connectivity index (χ2n) is 3.14. The Kier molecular flexibility index (Phi) is 2.58. The van der Waals surface area contributed by atoms with Crippen LogP contribution >= 0.6 is 27.3 Å². The first-order valence-corrected chi connectivity index (χ1v) is 5.88. The average molecular weight is 266 g/mol. The average Bonchev–Trinajstić information content (AvgIpc) is 2.47. The summed E-state index contributed by atoms with van der Waals surface area (Å²) in [5, 5.41) is 9.94. The van der Waals surface area contributed by atoms with Gasteiger partial charge in [0.1, 0.15) is 0 Å². The first-order chi connectivity index (χ1) is 6.74. The van der Waals surface area contributed by atoms with Crippen molar-refractivity contribution >= 4 is 37.4 Å². The van der Waals surface area contributed by atoms with E-state index in [-0.39, 0.29) is 0 Å². The molecule has 2 aromatic rings. The molecule has 0 saturated carbocycles. The molecule has 2 rings (SSSR count). The lowest BCUT2D eigenvalue weighted by atomic mass is 10.1. The quantitative estimate of drug-likeness (QED) is 0.764. The second kappa shape index (κ2) is 3.72. The Labute approximate surface area is 95.1 Å². The monoisotopic (exact) mass is 265 g/mol. The van der Waals surface area contributed by atoms with Crippen LogP contribution in [0.5, 0.6) is 0 Å². The molecule has 0 saturated heterocycles. The zero-order valence-electron chi connectivity index (χ0n) is 7.67. The fourth-order valence-corrected chi connectivity index (χ4v) is 3.38. The number of fused-ring (bicyclic) bond motifs is 1. The summed E-state index contributed by atoms with van der Waals surface area (Å²) in [7, 11) is 0. The molecule has 70 valence electrons. The molecular formula is C11H8BrNS. The molecule has 14 heavy (non-hydrogen) atoms. The Balaban J connectivity index is 2.78. The van der Waals surface area contributed by atoms with Gasteiger partial charge in [-0.15, -0.1) is 11.3 Å². The van der Waals surface area contributed by atoms with E-state index in [1.807, 2.05) is 6.07 Å². The van der Waals surface area contributed by atoms with Crippen LogP contribution in [-0.2, 0) is 6.42 Å². The Hall–Kier alpha value is -0.850. The van der Waals surface area contributed by atoms with Crippen LogP contribution < -0.4 is 0 Å². The molecule has 1 aromatic carbocycles. The van der Waals surface area contributed by atoms with Gasteiger partial charge in [-0.1, -0.05) is 18.2 Å². The summed E-state index contributed by atoms with van der Waals surface area (Å²) >= 11 is 5.22. The Bertz CT molecular complexity index is 522. The molecule has 0 radical (unpaired) electrons. The van der Waals surface area contributed by atoms with Gasteiger partial charge in [0.25, 0.3) is 0 Å². The van der Waals surface area contributed by atoms with Crippen molar-refractivity contribution in [1.29, 1.82) is 5.26 Å². The van der Waals surface area contributed by atoms with Gasteiger partial charge in [0.2, 0.25) is 0 Å². The first kappa shape index (κ1) is 9.70. The van der Waals surface area contributed by atoms with E-state index in [4.69, 9.17) is 5.26 Å². The largest absolute Gasteiger partial charge is 0.198 e. The molecule has 0 aliphatic carbocycles. The second-order valence-corrected chi connectivity index (χ2v) is 5.48. The van der Waals surface area contributed by atoms with E-state index in [1.165, 1.54) is 15.6 Å². The van der Waals surface area contributed by atoms with Gasteiger partial charge in [0.05, 0.1) is 16.3 Å². The zero-order chi connectivity index (χ0) is 10.1. The molecule has 0 fully saturated rings. The normalized spacial score (nSPS) is 10.4. The topological polar surface area (TPSA) is 23.8 Å². The third kappa shape index (κ3) is 1.45. The van der Waals surface area contributed by atoms with Gasteiger partial charge in [-0.05, 0) is 39.4 Å². The molecule has 0 spiro atoms. The smallest absolute Gasteiger partial charge is 0.0753 e. The van der Waals surface area contributed by atoms with E-state index in [1.54, 1.807) is 11.3 Å². The predicted molar refractivity (Wildman–Crippen MR) is 63.6 cm³/mol. The molecule has 0 atom stereocenters. The van der Waals surface area contributed by atoms with Crippen LogP contribution in [0, 0.1) is 18.3 Å². The fraction of sp³-hybridized carbons (Fsp3) is 0.182. The molecule has 0 N–H and O–H groups in total. The number of thiophene rings is 1.